The lowest BCUT2D eigenvalue weighted by Crippen LogP contribution is -1.97. The van der Waals surface area contributed by atoms with Crippen molar-refractivity contribution in [1.82, 2.24) is 0 Å². The lowest BCUT2D eigenvalue weighted by atomic mass is 9.88. The van der Waals surface area contributed by atoms with Crippen molar-refractivity contribution in [3.63, 3.8) is 0 Å². The van der Waals surface area contributed by atoms with E-state index in [0.29, 0.717) is 5.75 Å². The molecule has 0 saturated carbocycles. The number of phenols is 1. The van der Waals surface area contributed by atoms with Crippen LogP contribution < -0.4 is 0 Å². The fourth-order valence-electron chi connectivity index (χ4n) is 2.54. The van der Waals surface area contributed by atoms with E-state index in [1.807, 2.05) is 77.2 Å². The van der Waals surface area contributed by atoms with Crippen LogP contribution in [0.5, 0.6) is 5.75 Å². The van der Waals surface area contributed by atoms with Gasteiger partial charge in [-0.2, -0.15) is 0 Å². The number of allylic oxidation sites excluding steroid dienone is 5. The van der Waals surface area contributed by atoms with Crippen LogP contribution in [0.2, 0.25) is 0 Å². The van der Waals surface area contributed by atoms with Gasteiger partial charge in [-0.25, -0.2) is 0 Å². The van der Waals surface area contributed by atoms with Crippen LogP contribution >= 0.6 is 0 Å². The van der Waals surface area contributed by atoms with Gasteiger partial charge in [0.2, 0.25) is 0 Å². The summed E-state index contributed by atoms with van der Waals surface area (Å²) >= 11 is 0. The van der Waals surface area contributed by atoms with Gasteiger partial charge in [-0.3, -0.25) is 0 Å². The van der Waals surface area contributed by atoms with E-state index in [0.717, 1.165) is 27.8 Å². The third-order valence-corrected chi connectivity index (χ3v) is 3.34. The van der Waals surface area contributed by atoms with Crippen LogP contribution in [0.3, 0.4) is 0 Å². The second-order valence-electron chi connectivity index (χ2n) is 4.92. The van der Waals surface area contributed by atoms with Crippen molar-refractivity contribution >= 4 is 30.4 Å². The molecule has 22 heavy (non-hydrogen) atoms. The number of hydrogen-bond acceptors (Lipinski definition) is 1. The summed E-state index contributed by atoms with van der Waals surface area (Å²) in [5.74, 6) is 0.325. The summed E-state index contributed by atoms with van der Waals surface area (Å²) in [7, 11) is 0. The molecule has 0 saturated heterocycles. The summed E-state index contributed by atoms with van der Waals surface area (Å²) in [5, 5.41) is 10.8. The predicted octanol–water partition coefficient (Wildman–Crippen LogP) is 6.56. The summed E-state index contributed by atoms with van der Waals surface area (Å²) in [6, 6.07) is 0. The van der Waals surface area contributed by atoms with Gasteiger partial charge < -0.3 is 5.11 Å². The van der Waals surface area contributed by atoms with Gasteiger partial charge in [0.25, 0.3) is 0 Å². The topological polar surface area (TPSA) is 20.2 Å². The lowest BCUT2D eigenvalue weighted by molar-refractivity contribution is 0.472. The van der Waals surface area contributed by atoms with Gasteiger partial charge in [-0.15, -0.1) is 0 Å². The maximum atomic E-state index is 10.8. The number of hydrogen-bond donors (Lipinski definition) is 1. The largest absolute Gasteiger partial charge is 0.507 e. The van der Waals surface area contributed by atoms with Crippen LogP contribution in [0.25, 0.3) is 30.4 Å². The molecule has 0 atom stereocenters. The van der Waals surface area contributed by atoms with Gasteiger partial charge in [-0.05, 0) is 51.3 Å². The number of aromatic hydroxyl groups is 1. The summed E-state index contributed by atoms with van der Waals surface area (Å²) in [6.45, 7) is 9.92. The van der Waals surface area contributed by atoms with E-state index >= 15 is 0 Å². The predicted molar refractivity (Wildman–Crippen MR) is 102 cm³/mol. The van der Waals surface area contributed by atoms with Gasteiger partial charge >= 0.3 is 0 Å². The van der Waals surface area contributed by atoms with E-state index in [9.17, 15) is 5.11 Å². The molecule has 0 amide bonds. The molecule has 1 aromatic carbocycles. The molecule has 0 spiro atoms. The third kappa shape index (κ3) is 3.67. The molecule has 0 heterocycles. The Morgan fingerprint density at radius 1 is 0.455 bits per heavy atom. The fourth-order valence-corrected chi connectivity index (χ4v) is 2.54. The summed E-state index contributed by atoms with van der Waals surface area (Å²) < 4.78 is 0. The highest BCUT2D eigenvalue weighted by molar-refractivity contribution is 5.88. The molecular formula is C21H26O. The van der Waals surface area contributed by atoms with Crippen LogP contribution in [0.15, 0.2) is 30.4 Å². The summed E-state index contributed by atoms with van der Waals surface area (Å²) in [6.07, 6.45) is 20.1. The maximum absolute atomic E-state index is 10.8. The molecule has 0 aromatic heterocycles. The Hall–Kier alpha value is -2.28. The summed E-state index contributed by atoms with van der Waals surface area (Å²) in [5.41, 5.74) is 4.91. The SMILES string of the molecule is C/C=C\c1c(O)c(/C=C\C)c(/C=C\C)c(/C=C\C)c1/C=C\C. The van der Waals surface area contributed by atoms with Crippen molar-refractivity contribution in [2.45, 2.75) is 34.6 Å². The Labute approximate surface area is 134 Å². The Kier molecular flexibility index (Phi) is 7.18. The van der Waals surface area contributed by atoms with Crippen molar-refractivity contribution in [3.8, 4) is 5.75 Å². The molecule has 0 aliphatic carbocycles. The molecule has 1 N–H and O–H groups in total. The van der Waals surface area contributed by atoms with Crippen LogP contribution in [0.1, 0.15) is 62.4 Å². The first kappa shape index (κ1) is 17.8. The minimum Gasteiger partial charge on any atom is -0.507 e. The fraction of sp³-hybridized carbons (Fsp3) is 0.238. The number of rotatable bonds is 5. The van der Waals surface area contributed by atoms with Gasteiger partial charge in [-0.1, -0.05) is 60.8 Å². The minimum absolute atomic E-state index is 0.325. The average molecular weight is 294 g/mol. The van der Waals surface area contributed by atoms with Gasteiger partial charge in [0.1, 0.15) is 5.75 Å². The van der Waals surface area contributed by atoms with Crippen LogP contribution in [0.4, 0.5) is 0 Å². The van der Waals surface area contributed by atoms with Crippen molar-refractivity contribution in [1.29, 1.82) is 0 Å². The quantitative estimate of drug-likeness (QED) is 0.652. The summed E-state index contributed by atoms with van der Waals surface area (Å²) in [4.78, 5) is 0. The molecule has 116 valence electrons. The Balaban J connectivity index is 4.04. The number of phenolic OH excluding ortho intramolecular Hbond substituents is 1. The average Bonchev–Trinajstić information content (AvgIpc) is 2.51. The van der Waals surface area contributed by atoms with Crippen molar-refractivity contribution in [3.05, 3.63) is 58.2 Å². The highest BCUT2D eigenvalue weighted by atomic mass is 16.3. The first-order valence-electron chi connectivity index (χ1n) is 7.72. The van der Waals surface area contributed by atoms with E-state index in [2.05, 4.69) is 18.2 Å². The second kappa shape index (κ2) is 8.89. The Bertz CT molecular complexity index is 604. The van der Waals surface area contributed by atoms with Crippen molar-refractivity contribution < 1.29 is 5.11 Å². The lowest BCUT2D eigenvalue weighted by Gasteiger charge is -2.17. The van der Waals surface area contributed by atoms with Crippen LogP contribution in [0, 0.1) is 0 Å². The zero-order chi connectivity index (χ0) is 16.5. The van der Waals surface area contributed by atoms with Gasteiger partial charge in [0.15, 0.2) is 0 Å². The monoisotopic (exact) mass is 294 g/mol. The second-order valence-corrected chi connectivity index (χ2v) is 4.92. The maximum Gasteiger partial charge on any atom is 0.131 e. The zero-order valence-electron chi connectivity index (χ0n) is 14.2. The highest BCUT2D eigenvalue weighted by Crippen LogP contribution is 2.38. The van der Waals surface area contributed by atoms with Crippen LogP contribution in [-0.4, -0.2) is 5.11 Å². The first-order valence-corrected chi connectivity index (χ1v) is 7.72. The van der Waals surface area contributed by atoms with E-state index < -0.39 is 0 Å². The molecule has 0 fully saturated rings. The molecule has 0 unspecified atom stereocenters. The third-order valence-electron chi connectivity index (χ3n) is 3.34. The molecule has 1 rings (SSSR count). The van der Waals surface area contributed by atoms with Crippen molar-refractivity contribution in [2.75, 3.05) is 0 Å². The minimum atomic E-state index is 0.325. The van der Waals surface area contributed by atoms with Gasteiger partial charge in [0.05, 0.1) is 0 Å². The van der Waals surface area contributed by atoms with Gasteiger partial charge in [0, 0.05) is 11.1 Å². The molecule has 1 aromatic rings. The highest BCUT2D eigenvalue weighted by Gasteiger charge is 2.16. The molecule has 1 nitrogen and oxygen atoms in total. The molecule has 0 bridgehead atoms. The zero-order valence-corrected chi connectivity index (χ0v) is 14.2. The van der Waals surface area contributed by atoms with Crippen molar-refractivity contribution in [2.24, 2.45) is 0 Å². The molecular weight excluding hydrogens is 268 g/mol. The molecule has 0 radical (unpaired) electrons. The molecule has 0 aliphatic heterocycles. The first-order chi connectivity index (χ1) is 10.7. The smallest absolute Gasteiger partial charge is 0.131 e. The Morgan fingerprint density at radius 3 is 0.955 bits per heavy atom. The van der Waals surface area contributed by atoms with E-state index in [1.54, 1.807) is 0 Å². The normalized spacial score (nSPS) is 13.0. The molecule has 0 aliphatic rings. The molecule has 1 heteroatoms. The van der Waals surface area contributed by atoms with Crippen LogP contribution in [-0.2, 0) is 0 Å². The van der Waals surface area contributed by atoms with E-state index in [1.165, 1.54) is 0 Å². The Morgan fingerprint density at radius 2 is 0.682 bits per heavy atom. The standard InChI is InChI=1S/C21H26O/c1-6-11-16-17(12-7-2)19(14-9-4)21(22)20(15-10-5)18(16)13-8-3/h6-15,22H,1-5H3/b11-6-,12-7-,13-8-,14-9-,15-10-. The number of benzene rings is 1. The van der Waals surface area contributed by atoms with E-state index in [-0.39, 0.29) is 0 Å². The van der Waals surface area contributed by atoms with E-state index in [4.69, 9.17) is 0 Å².